The Kier molecular flexibility index (Phi) is 3.77. The van der Waals surface area contributed by atoms with E-state index in [9.17, 15) is 4.79 Å². The highest BCUT2D eigenvalue weighted by atomic mass is 16.1. The quantitative estimate of drug-likeness (QED) is 0.597. The van der Waals surface area contributed by atoms with Crippen molar-refractivity contribution in [2.45, 2.75) is 6.42 Å². The van der Waals surface area contributed by atoms with Crippen LogP contribution in [0.4, 0.5) is 11.4 Å². The van der Waals surface area contributed by atoms with E-state index in [0.717, 1.165) is 17.8 Å². The second-order valence-electron chi connectivity index (χ2n) is 6.60. The molecule has 0 atom stereocenters. The van der Waals surface area contributed by atoms with Gasteiger partial charge in [-0.3, -0.25) is 4.79 Å². The van der Waals surface area contributed by atoms with Crippen molar-refractivity contribution in [3.05, 3.63) is 83.4 Å². The first-order valence-electron chi connectivity index (χ1n) is 8.42. The second-order valence-corrected chi connectivity index (χ2v) is 6.60. The highest BCUT2D eigenvalue weighted by Gasteiger charge is 2.18. The first-order valence-corrected chi connectivity index (χ1v) is 8.42. The van der Waals surface area contributed by atoms with Crippen molar-refractivity contribution in [2.75, 3.05) is 24.3 Å². The zero-order valence-electron chi connectivity index (χ0n) is 14.4. The molecule has 0 saturated heterocycles. The molecule has 3 heteroatoms. The van der Waals surface area contributed by atoms with Gasteiger partial charge in [0.2, 0.25) is 0 Å². The summed E-state index contributed by atoms with van der Waals surface area (Å²) in [7, 11) is 3.97. The van der Waals surface area contributed by atoms with Gasteiger partial charge in [0, 0.05) is 31.0 Å². The lowest BCUT2D eigenvalue weighted by Crippen LogP contribution is -2.13. The fraction of sp³-hybridized carbons (Fsp3) is 0.136. The smallest absolute Gasteiger partial charge is 0.255 e. The van der Waals surface area contributed by atoms with Gasteiger partial charge < -0.3 is 10.2 Å². The molecule has 1 aliphatic rings. The van der Waals surface area contributed by atoms with Crippen molar-refractivity contribution in [3.8, 4) is 11.1 Å². The van der Waals surface area contributed by atoms with Crippen LogP contribution >= 0.6 is 0 Å². The summed E-state index contributed by atoms with van der Waals surface area (Å²) >= 11 is 0. The fourth-order valence-electron chi connectivity index (χ4n) is 3.34. The Balaban J connectivity index is 1.54. The predicted molar refractivity (Wildman–Crippen MR) is 103 cm³/mol. The third-order valence-corrected chi connectivity index (χ3v) is 4.70. The second kappa shape index (κ2) is 6.10. The SMILES string of the molecule is CN(C)c1ccc(C(=O)Nc2ccc3c(c2)Cc2ccccc2-3)cc1. The molecule has 0 aromatic heterocycles. The molecule has 0 spiro atoms. The summed E-state index contributed by atoms with van der Waals surface area (Å²) in [4.78, 5) is 14.5. The molecular formula is C22H20N2O. The van der Waals surface area contributed by atoms with Gasteiger partial charge in [-0.1, -0.05) is 30.3 Å². The van der Waals surface area contributed by atoms with Gasteiger partial charge >= 0.3 is 0 Å². The first kappa shape index (κ1) is 15.5. The van der Waals surface area contributed by atoms with Gasteiger partial charge in [0.05, 0.1) is 0 Å². The van der Waals surface area contributed by atoms with E-state index >= 15 is 0 Å². The van der Waals surface area contributed by atoms with Crippen LogP contribution in [-0.2, 0) is 6.42 Å². The lowest BCUT2D eigenvalue weighted by atomic mass is 10.1. The molecule has 3 aromatic rings. The van der Waals surface area contributed by atoms with Crippen LogP contribution in [0.2, 0.25) is 0 Å². The van der Waals surface area contributed by atoms with Gasteiger partial charge in [-0.25, -0.2) is 0 Å². The Bertz CT molecular complexity index is 942. The van der Waals surface area contributed by atoms with Gasteiger partial charge in [-0.05, 0) is 65.1 Å². The Morgan fingerprint density at radius 3 is 2.36 bits per heavy atom. The molecule has 0 bridgehead atoms. The maximum Gasteiger partial charge on any atom is 0.255 e. The number of anilines is 2. The predicted octanol–water partition coefficient (Wildman–Crippen LogP) is 4.58. The van der Waals surface area contributed by atoms with Crippen molar-refractivity contribution in [1.29, 1.82) is 0 Å². The van der Waals surface area contributed by atoms with E-state index in [1.165, 1.54) is 22.3 Å². The zero-order valence-corrected chi connectivity index (χ0v) is 14.4. The Hall–Kier alpha value is -3.07. The van der Waals surface area contributed by atoms with E-state index < -0.39 is 0 Å². The number of hydrogen-bond donors (Lipinski definition) is 1. The summed E-state index contributed by atoms with van der Waals surface area (Å²) in [5.74, 6) is -0.0826. The van der Waals surface area contributed by atoms with Crippen LogP contribution in [0.25, 0.3) is 11.1 Å². The van der Waals surface area contributed by atoms with Gasteiger partial charge in [0.1, 0.15) is 0 Å². The van der Waals surface area contributed by atoms with Gasteiger partial charge in [0.25, 0.3) is 5.91 Å². The van der Waals surface area contributed by atoms with E-state index in [4.69, 9.17) is 0 Å². The van der Waals surface area contributed by atoms with E-state index in [1.807, 2.05) is 49.3 Å². The molecular weight excluding hydrogens is 308 g/mol. The number of nitrogens with zero attached hydrogens (tertiary/aromatic N) is 1. The molecule has 0 unspecified atom stereocenters. The number of hydrogen-bond acceptors (Lipinski definition) is 2. The molecule has 124 valence electrons. The zero-order chi connectivity index (χ0) is 17.4. The minimum Gasteiger partial charge on any atom is -0.378 e. The molecule has 0 radical (unpaired) electrons. The molecule has 0 saturated carbocycles. The molecule has 1 aliphatic carbocycles. The van der Waals surface area contributed by atoms with Crippen LogP contribution in [0.15, 0.2) is 66.7 Å². The summed E-state index contributed by atoms with van der Waals surface area (Å²) in [6.45, 7) is 0. The van der Waals surface area contributed by atoms with Crippen LogP contribution in [0, 0.1) is 0 Å². The van der Waals surface area contributed by atoms with Gasteiger partial charge in [-0.2, -0.15) is 0 Å². The van der Waals surface area contributed by atoms with E-state index in [-0.39, 0.29) is 5.91 Å². The molecule has 1 N–H and O–H groups in total. The van der Waals surface area contributed by atoms with Gasteiger partial charge in [0.15, 0.2) is 0 Å². The lowest BCUT2D eigenvalue weighted by Gasteiger charge is -2.13. The Morgan fingerprint density at radius 1 is 0.880 bits per heavy atom. The minimum absolute atomic E-state index is 0.0826. The number of rotatable bonds is 3. The topological polar surface area (TPSA) is 32.3 Å². The van der Waals surface area contributed by atoms with Gasteiger partial charge in [-0.15, -0.1) is 0 Å². The van der Waals surface area contributed by atoms with Crippen LogP contribution in [0.1, 0.15) is 21.5 Å². The van der Waals surface area contributed by atoms with E-state index in [1.54, 1.807) is 0 Å². The number of amides is 1. The third kappa shape index (κ3) is 2.89. The maximum atomic E-state index is 12.5. The average molecular weight is 328 g/mol. The standard InChI is InChI=1S/C22H20N2O/c1-24(2)19-10-7-15(8-11-19)22(25)23-18-9-12-21-17(14-18)13-16-5-3-4-6-20(16)21/h3-12,14H,13H2,1-2H3,(H,23,25). The molecule has 25 heavy (non-hydrogen) atoms. The van der Waals surface area contributed by atoms with Crippen LogP contribution in [-0.4, -0.2) is 20.0 Å². The molecule has 4 rings (SSSR count). The summed E-state index contributed by atoms with van der Waals surface area (Å²) < 4.78 is 0. The summed E-state index contributed by atoms with van der Waals surface area (Å²) in [5.41, 5.74) is 7.76. The number of benzene rings is 3. The molecule has 0 heterocycles. The van der Waals surface area contributed by atoms with Crippen molar-refractivity contribution in [3.63, 3.8) is 0 Å². The molecule has 0 aliphatic heterocycles. The number of carbonyl (C=O) groups is 1. The normalized spacial score (nSPS) is 11.6. The van der Waals surface area contributed by atoms with Crippen LogP contribution in [0.3, 0.4) is 0 Å². The molecule has 3 nitrogen and oxygen atoms in total. The number of nitrogens with one attached hydrogen (secondary N) is 1. The molecule has 1 amide bonds. The van der Waals surface area contributed by atoms with E-state index in [0.29, 0.717) is 5.56 Å². The van der Waals surface area contributed by atoms with E-state index in [2.05, 4.69) is 41.7 Å². The molecule has 0 fully saturated rings. The maximum absolute atomic E-state index is 12.5. The average Bonchev–Trinajstić information content (AvgIpc) is 2.99. The minimum atomic E-state index is -0.0826. The first-order chi connectivity index (χ1) is 12.1. The third-order valence-electron chi connectivity index (χ3n) is 4.70. The number of carbonyl (C=O) groups excluding carboxylic acids is 1. The lowest BCUT2D eigenvalue weighted by molar-refractivity contribution is 0.102. The number of fused-ring (bicyclic) bond motifs is 3. The largest absolute Gasteiger partial charge is 0.378 e. The van der Waals surface area contributed by atoms with Crippen molar-refractivity contribution in [2.24, 2.45) is 0 Å². The summed E-state index contributed by atoms with van der Waals surface area (Å²) in [5, 5.41) is 3.01. The van der Waals surface area contributed by atoms with Crippen LogP contribution in [0.5, 0.6) is 0 Å². The highest BCUT2D eigenvalue weighted by Crippen LogP contribution is 2.37. The van der Waals surface area contributed by atoms with Crippen molar-refractivity contribution < 1.29 is 4.79 Å². The van der Waals surface area contributed by atoms with Crippen molar-refractivity contribution in [1.82, 2.24) is 0 Å². The summed E-state index contributed by atoms with van der Waals surface area (Å²) in [6, 6.07) is 22.3. The Labute approximate surface area is 147 Å². The van der Waals surface area contributed by atoms with Crippen molar-refractivity contribution >= 4 is 17.3 Å². The highest BCUT2D eigenvalue weighted by molar-refractivity contribution is 6.04. The Morgan fingerprint density at radius 2 is 1.60 bits per heavy atom. The summed E-state index contributed by atoms with van der Waals surface area (Å²) in [6.07, 6.45) is 0.923. The van der Waals surface area contributed by atoms with Crippen LogP contribution < -0.4 is 10.2 Å². The monoisotopic (exact) mass is 328 g/mol. The fourth-order valence-corrected chi connectivity index (χ4v) is 3.34. The molecule has 3 aromatic carbocycles.